The number of hydrogen-bond acceptors (Lipinski definition) is 5. The highest BCUT2D eigenvalue weighted by Crippen LogP contribution is 2.19. The van der Waals surface area contributed by atoms with Crippen molar-refractivity contribution in [2.24, 2.45) is 0 Å². The lowest BCUT2D eigenvalue weighted by Gasteiger charge is -2.25. The zero-order valence-corrected chi connectivity index (χ0v) is 12.1. The molecular formula is C12H17NO4S2. The van der Waals surface area contributed by atoms with E-state index >= 15 is 0 Å². The summed E-state index contributed by atoms with van der Waals surface area (Å²) in [5, 5.41) is 10.9. The van der Waals surface area contributed by atoms with Crippen LogP contribution in [-0.4, -0.2) is 55.0 Å². The van der Waals surface area contributed by atoms with Gasteiger partial charge in [-0.15, -0.1) is 11.3 Å². The molecule has 2 heterocycles. The maximum Gasteiger partial charge on any atom is 0.317 e. The number of carboxylic acids is 1. The Bertz CT molecular complexity index is 524. The molecule has 1 fully saturated rings. The van der Waals surface area contributed by atoms with Gasteiger partial charge in [-0.25, -0.2) is 8.42 Å². The first-order chi connectivity index (χ1) is 8.96. The van der Waals surface area contributed by atoms with Gasteiger partial charge in [0.2, 0.25) is 0 Å². The first-order valence-corrected chi connectivity index (χ1v) is 8.85. The van der Waals surface area contributed by atoms with Crippen LogP contribution in [0.4, 0.5) is 0 Å². The monoisotopic (exact) mass is 303 g/mol. The van der Waals surface area contributed by atoms with Crippen molar-refractivity contribution in [3.8, 4) is 0 Å². The molecule has 0 bridgehead atoms. The van der Waals surface area contributed by atoms with E-state index < -0.39 is 15.8 Å². The smallest absolute Gasteiger partial charge is 0.317 e. The summed E-state index contributed by atoms with van der Waals surface area (Å²) in [5.41, 5.74) is 0. The highest BCUT2D eigenvalue weighted by molar-refractivity contribution is 7.91. The van der Waals surface area contributed by atoms with Crippen molar-refractivity contribution in [3.63, 3.8) is 0 Å². The highest BCUT2D eigenvalue weighted by atomic mass is 32.2. The molecule has 1 unspecified atom stereocenters. The van der Waals surface area contributed by atoms with E-state index in [2.05, 4.69) is 0 Å². The number of carboxylic acid groups (broad SMARTS) is 1. The molecule has 0 aliphatic carbocycles. The summed E-state index contributed by atoms with van der Waals surface area (Å²) >= 11 is 1.63. The van der Waals surface area contributed by atoms with E-state index in [1.807, 2.05) is 17.5 Å². The largest absolute Gasteiger partial charge is 0.480 e. The maximum absolute atomic E-state index is 11.5. The van der Waals surface area contributed by atoms with Crippen LogP contribution in [0.15, 0.2) is 17.5 Å². The van der Waals surface area contributed by atoms with Crippen LogP contribution in [0.1, 0.15) is 11.3 Å². The molecule has 1 aromatic heterocycles. The molecule has 1 aliphatic heterocycles. The Balaban J connectivity index is 1.97. The Hall–Kier alpha value is -0.920. The maximum atomic E-state index is 11.5. The Morgan fingerprint density at radius 2 is 2.32 bits per heavy atom. The van der Waals surface area contributed by atoms with Gasteiger partial charge in [-0.2, -0.15) is 0 Å². The third kappa shape index (κ3) is 4.29. The summed E-state index contributed by atoms with van der Waals surface area (Å²) in [6.07, 6.45) is 1.31. The van der Waals surface area contributed by atoms with Gasteiger partial charge in [-0.1, -0.05) is 6.07 Å². The number of thiophene rings is 1. The van der Waals surface area contributed by atoms with E-state index in [4.69, 9.17) is 5.11 Å². The van der Waals surface area contributed by atoms with Gasteiger partial charge in [0.25, 0.3) is 0 Å². The van der Waals surface area contributed by atoms with Crippen LogP contribution in [0, 0.1) is 0 Å². The second-order valence-corrected chi connectivity index (χ2v) is 8.01. The number of rotatable bonds is 6. The lowest BCUT2D eigenvalue weighted by molar-refractivity contribution is -0.138. The fourth-order valence-corrected chi connectivity index (χ4v) is 4.80. The van der Waals surface area contributed by atoms with Gasteiger partial charge in [0.1, 0.15) is 0 Å². The highest BCUT2D eigenvalue weighted by Gasteiger charge is 2.32. The molecule has 0 amide bonds. The minimum absolute atomic E-state index is 0.0880. The molecule has 19 heavy (non-hydrogen) atoms. The van der Waals surface area contributed by atoms with Gasteiger partial charge in [-0.05, 0) is 24.3 Å². The second-order valence-electron chi connectivity index (χ2n) is 4.75. The van der Waals surface area contributed by atoms with Gasteiger partial charge in [0.05, 0.1) is 18.1 Å². The molecule has 1 atom stereocenters. The van der Waals surface area contributed by atoms with Gasteiger partial charge >= 0.3 is 5.97 Å². The quantitative estimate of drug-likeness (QED) is 0.844. The Kier molecular flexibility index (Phi) is 4.59. The van der Waals surface area contributed by atoms with Crippen molar-refractivity contribution in [1.82, 2.24) is 4.90 Å². The van der Waals surface area contributed by atoms with E-state index in [9.17, 15) is 13.2 Å². The molecule has 0 spiro atoms. The predicted molar refractivity (Wildman–Crippen MR) is 74.3 cm³/mol. The van der Waals surface area contributed by atoms with Gasteiger partial charge < -0.3 is 5.11 Å². The van der Waals surface area contributed by atoms with Crippen molar-refractivity contribution >= 4 is 27.1 Å². The van der Waals surface area contributed by atoms with Crippen molar-refractivity contribution < 1.29 is 18.3 Å². The normalized spacial score (nSPS) is 21.8. The zero-order valence-electron chi connectivity index (χ0n) is 10.5. The minimum atomic E-state index is -2.98. The molecule has 106 valence electrons. The topological polar surface area (TPSA) is 74.7 Å². The molecule has 5 nitrogen and oxygen atoms in total. The number of hydrogen-bond donors (Lipinski definition) is 1. The van der Waals surface area contributed by atoms with Gasteiger partial charge in [0, 0.05) is 17.5 Å². The van der Waals surface area contributed by atoms with Crippen molar-refractivity contribution in [2.75, 3.05) is 24.6 Å². The molecule has 2 rings (SSSR count). The third-order valence-electron chi connectivity index (χ3n) is 3.29. The first kappa shape index (κ1) is 14.5. The van der Waals surface area contributed by atoms with Crippen molar-refractivity contribution in [1.29, 1.82) is 0 Å². The van der Waals surface area contributed by atoms with Crippen LogP contribution in [0.25, 0.3) is 0 Å². The summed E-state index contributed by atoms with van der Waals surface area (Å²) in [5.74, 6) is -0.646. The second kappa shape index (κ2) is 6.02. The lowest BCUT2D eigenvalue weighted by atomic mass is 10.2. The Morgan fingerprint density at radius 1 is 1.53 bits per heavy atom. The van der Waals surface area contributed by atoms with Crippen LogP contribution in [0.2, 0.25) is 0 Å². The Labute approximate surface area is 116 Å². The lowest BCUT2D eigenvalue weighted by Crippen LogP contribution is -2.41. The molecular weight excluding hydrogens is 286 g/mol. The standard InChI is InChI=1S/C12H17NO4S2/c14-12(15)8-13(5-3-11-2-1-6-18-11)10-4-7-19(16,17)9-10/h1-2,6,10H,3-5,7-9H2,(H,14,15). The number of carbonyl (C=O) groups is 1. The first-order valence-electron chi connectivity index (χ1n) is 6.15. The molecule has 1 aliphatic rings. The molecule has 0 radical (unpaired) electrons. The average Bonchev–Trinajstić information content (AvgIpc) is 2.93. The summed E-state index contributed by atoms with van der Waals surface area (Å²) in [7, 11) is -2.98. The van der Waals surface area contributed by atoms with E-state index in [1.54, 1.807) is 16.2 Å². The molecule has 1 aromatic rings. The van der Waals surface area contributed by atoms with E-state index in [-0.39, 0.29) is 24.1 Å². The van der Waals surface area contributed by atoms with E-state index in [1.165, 1.54) is 4.88 Å². The summed E-state index contributed by atoms with van der Waals surface area (Å²) < 4.78 is 23.0. The number of aliphatic carboxylic acids is 1. The van der Waals surface area contributed by atoms with Crippen LogP contribution >= 0.6 is 11.3 Å². The van der Waals surface area contributed by atoms with Crippen LogP contribution in [-0.2, 0) is 21.1 Å². The predicted octanol–water partition coefficient (Wildman–Crippen LogP) is 0.864. The number of sulfone groups is 1. The fourth-order valence-electron chi connectivity index (χ4n) is 2.34. The molecule has 1 saturated heterocycles. The third-order valence-corrected chi connectivity index (χ3v) is 5.98. The van der Waals surface area contributed by atoms with Crippen LogP contribution < -0.4 is 0 Å². The van der Waals surface area contributed by atoms with Crippen LogP contribution in [0.3, 0.4) is 0 Å². The molecule has 7 heteroatoms. The molecule has 1 N–H and O–H groups in total. The Morgan fingerprint density at radius 3 is 2.84 bits per heavy atom. The summed E-state index contributed by atoms with van der Waals surface area (Å²) in [4.78, 5) is 13.9. The van der Waals surface area contributed by atoms with Gasteiger partial charge in [-0.3, -0.25) is 9.69 Å². The minimum Gasteiger partial charge on any atom is -0.480 e. The van der Waals surface area contributed by atoms with Crippen molar-refractivity contribution in [2.45, 2.75) is 18.9 Å². The van der Waals surface area contributed by atoms with Crippen molar-refractivity contribution in [3.05, 3.63) is 22.4 Å². The SMILES string of the molecule is O=C(O)CN(CCc1cccs1)C1CCS(=O)(=O)C1. The average molecular weight is 303 g/mol. The molecule has 0 aromatic carbocycles. The molecule has 0 saturated carbocycles. The van der Waals surface area contributed by atoms with E-state index in [0.717, 1.165) is 6.42 Å². The van der Waals surface area contributed by atoms with Crippen LogP contribution in [0.5, 0.6) is 0 Å². The summed E-state index contributed by atoms with van der Waals surface area (Å²) in [6, 6.07) is 3.82. The number of nitrogens with zero attached hydrogens (tertiary/aromatic N) is 1. The summed E-state index contributed by atoms with van der Waals surface area (Å²) in [6.45, 7) is 0.499. The zero-order chi connectivity index (χ0) is 13.9. The van der Waals surface area contributed by atoms with Gasteiger partial charge in [0.15, 0.2) is 9.84 Å². The van der Waals surface area contributed by atoms with E-state index in [0.29, 0.717) is 13.0 Å². The fraction of sp³-hybridized carbons (Fsp3) is 0.583.